The number of ether oxygens (including phenoxy) is 1. The maximum absolute atomic E-state index is 13.4. The lowest BCUT2D eigenvalue weighted by Gasteiger charge is -2.49. The molecule has 1 saturated heterocycles. The lowest BCUT2D eigenvalue weighted by Crippen LogP contribution is -2.61. The van der Waals surface area contributed by atoms with Crippen LogP contribution in [0.15, 0.2) is 42.5 Å². The standard InChI is InChI=1S/C25H31F3N4O2/c1-30(2)11-10-29-24(33)21-15-17-14-18(25(26,27)28)4-9-22(17)32-13-12-31(16-23(21)32)19-5-7-20(34-3)8-6-19/h4-9,14,21,23H,10-13,15-16H2,1-3H3,(H,29,33)/t21-,23-/m1/s1. The average Bonchev–Trinajstić information content (AvgIpc) is 2.82. The molecule has 4 rings (SSSR count). The van der Waals surface area contributed by atoms with Gasteiger partial charge >= 0.3 is 6.18 Å². The number of nitrogens with zero attached hydrogens (tertiary/aromatic N) is 3. The molecule has 6 nitrogen and oxygen atoms in total. The number of amides is 1. The maximum Gasteiger partial charge on any atom is 0.416 e. The van der Waals surface area contributed by atoms with Gasteiger partial charge < -0.3 is 24.8 Å². The Morgan fingerprint density at radius 2 is 1.88 bits per heavy atom. The zero-order chi connectivity index (χ0) is 24.5. The van der Waals surface area contributed by atoms with Gasteiger partial charge in [-0.1, -0.05) is 0 Å². The first-order chi connectivity index (χ1) is 16.2. The number of nitrogens with one attached hydrogen (secondary N) is 1. The smallest absolute Gasteiger partial charge is 0.416 e. The Balaban J connectivity index is 1.62. The van der Waals surface area contributed by atoms with E-state index in [0.717, 1.165) is 23.2 Å². The van der Waals surface area contributed by atoms with Crippen molar-refractivity contribution in [3.63, 3.8) is 0 Å². The SMILES string of the molecule is COc1ccc(N2CCN3c4ccc(C(F)(F)F)cc4C[C@@H](C(=O)NCCN(C)C)[C@H]3C2)cc1. The molecule has 1 fully saturated rings. The highest BCUT2D eigenvalue weighted by Gasteiger charge is 2.42. The molecule has 1 amide bonds. The third-order valence-electron chi connectivity index (χ3n) is 6.67. The number of carbonyl (C=O) groups excluding carboxylic acids is 1. The van der Waals surface area contributed by atoms with Crippen LogP contribution in [-0.4, -0.2) is 70.8 Å². The zero-order valence-electron chi connectivity index (χ0n) is 19.7. The number of hydrogen-bond donors (Lipinski definition) is 1. The Kier molecular flexibility index (Phi) is 6.93. The van der Waals surface area contributed by atoms with E-state index in [2.05, 4.69) is 15.1 Å². The van der Waals surface area contributed by atoms with Crippen LogP contribution in [0.2, 0.25) is 0 Å². The van der Waals surface area contributed by atoms with E-state index >= 15 is 0 Å². The molecule has 2 aliphatic heterocycles. The van der Waals surface area contributed by atoms with Crippen LogP contribution in [0.3, 0.4) is 0 Å². The van der Waals surface area contributed by atoms with Crippen molar-refractivity contribution in [2.75, 3.05) is 63.7 Å². The molecule has 0 saturated carbocycles. The second kappa shape index (κ2) is 9.74. The number of piperazine rings is 1. The molecule has 0 bridgehead atoms. The first kappa shape index (κ1) is 24.2. The lowest BCUT2D eigenvalue weighted by atomic mass is 9.82. The average molecular weight is 477 g/mol. The van der Waals surface area contributed by atoms with Gasteiger partial charge in [-0.2, -0.15) is 13.2 Å². The van der Waals surface area contributed by atoms with Gasteiger partial charge in [-0.05, 0) is 68.5 Å². The third kappa shape index (κ3) is 5.09. The summed E-state index contributed by atoms with van der Waals surface area (Å²) in [4.78, 5) is 19.6. The van der Waals surface area contributed by atoms with Crippen molar-refractivity contribution in [1.29, 1.82) is 0 Å². The fourth-order valence-electron chi connectivity index (χ4n) is 4.86. The molecule has 2 aromatic rings. The van der Waals surface area contributed by atoms with Crippen molar-refractivity contribution in [3.8, 4) is 5.75 Å². The minimum Gasteiger partial charge on any atom is -0.497 e. The summed E-state index contributed by atoms with van der Waals surface area (Å²) in [6, 6.07) is 11.6. The van der Waals surface area contributed by atoms with Crippen LogP contribution in [0.1, 0.15) is 11.1 Å². The van der Waals surface area contributed by atoms with Crippen LogP contribution in [0.5, 0.6) is 5.75 Å². The number of halogens is 3. The summed E-state index contributed by atoms with van der Waals surface area (Å²) < 4.78 is 45.4. The molecule has 2 aromatic carbocycles. The predicted molar refractivity (Wildman–Crippen MR) is 127 cm³/mol. The number of alkyl halides is 3. The van der Waals surface area contributed by atoms with E-state index in [0.29, 0.717) is 38.3 Å². The molecule has 184 valence electrons. The number of anilines is 2. The summed E-state index contributed by atoms with van der Waals surface area (Å²) in [7, 11) is 5.48. The van der Waals surface area contributed by atoms with Gasteiger partial charge in [0.05, 0.1) is 24.6 Å². The van der Waals surface area contributed by atoms with Gasteiger partial charge in [0.1, 0.15) is 5.75 Å². The quantitative estimate of drug-likeness (QED) is 0.694. The summed E-state index contributed by atoms with van der Waals surface area (Å²) in [6.45, 7) is 3.12. The Hall–Kier alpha value is -2.94. The molecule has 2 heterocycles. The molecular weight excluding hydrogens is 445 g/mol. The Morgan fingerprint density at radius 3 is 2.53 bits per heavy atom. The van der Waals surface area contributed by atoms with E-state index in [4.69, 9.17) is 4.74 Å². The molecule has 1 N–H and O–H groups in total. The normalized spacial score (nSPS) is 20.1. The van der Waals surface area contributed by atoms with Crippen LogP contribution >= 0.6 is 0 Å². The highest BCUT2D eigenvalue weighted by Crippen LogP contribution is 2.40. The van der Waals surface area contributed by atoms with Gasteiger partial charge in [-0.15, -0.1) is 0 Å². The van der Waals surface area contributed by atoms with Crippen molar-refractivity contribution >= 4 is 17.3 Å². The minimum absolute atomic E-state index is 0.114. The van der Waals surface area contributed by atoms with Gasteiger partial charge in [-0.25, -0.2) is 0 Å². The van der Waals surface area contributed by atoms with Gasteiger partial charge in [0.15, 0.2) is 0 Å². The molecule has 0 aliphatic carbocycles. The van der Waals surface area contributed by atoms with Gasteiger partial charge in [0, 0.05) is 44.1 Å². The highest BCUT2D eigenvalue weighted by molar-refractivity contribution is 5.82. The van der Waals surface area contributed by atoms with Crippen LogP contribution in [0.25, 0.3) is 0 Å². The molecule has 0 radical (unpaired) electrons. The first-order valence-corrected chi connectivity index (χ1v) is 11.5. The summed E-state index contributed by atoms with van der Waals surface area (Å²) in [5.74, 6) is 0.211. The molecule has 34 heavy (non-hydrogen) atoms. The summed E-state index contributed by atoms with van der Waals surface area (Å²) in [5.41, 5.74) is 1.74. The van der Waals surface area contributed by atoms with Crippen molar-refractivity contribution < 1.29 is 22.7 Å². The van der Waals surface area contributed by atoms with Crippen LogP contribution in [0.4, 0.5) is 24.5 Å². The first-order valence-electron chi connectivity index (χ1n) is 11.5. The largest absolute Gasteiger partial charge is 0.497 e. The Morgan fingerprint density at radius 1 is 1.15 bits per heavy atom. The fourth-order valence-corrected chi connectivity index (χ4v) is 4.86. The number of rotatable bonds is 6. The molecule has 0 spiro atoms. The highest BCUT2D eigenvalue weighted by atomic mass is 19.4. The topological polar surface area (TPSA) is 48.1 Å². The number of methoxy groups -OCH3 is 1. The summed E-state index contributed by atoms with van der Waals surface area (Å²) >= 11 is 0. The second-order valence-electron chi connectivity index (χ2n) is 9.15. The van der Waals surface area contributed by atoms with Crippen LogP contribution in [0, 0.1) is 5.92 Å². The van der Waals surface area contributed by atoms with Gasteiger partial charge in [-0.3, -0.25) is 4.79 Å². The Bertz CT molecular complexity index is 1010. The third-order valence-corrected chi connectivity index (χ3v) is 6.67. The number of likely N-dealkylation sites (N-methyl/N-ethyl adjacent to an activating group) is 1. The Labute approximate surface area is 198 Å². The van der Waals surface area contributed by atoms with E-state index in [1.165, 1.54) is 6.07 Å². The van der Waals surface area contributed by atoms with Crippen molar-refractivity contribution in [3.05, 3.63) is 53.6 Å². The molecule has 2 aliphatic rings. The second-order valence-corrected chi connectivity index (χ2v) is 9.15. The number of hydrogen-bond acceptors (Lipinski definition) is 5. The minimum atomic E-state index is -4.41. The molecule has 0 unspecified atom stereocenters. The molecular formula is C25H31F3N4O2. The van der Waals surface area contributed by atoms with Crippen molar-refractivity contribution in [2.24, 2.45) is 5.92 Å². The molecule has 2 atom stereocenters. The van der Waals surface area contributed by atoms with E-state index in [1.807, 2.05) is 43.3 Å². The monoisotopic (exact) mass is 476 g/mol. The van der Waals surface area contributed by atoms with E-state index < -0.39 is 17.7 Å². The molecule has 9 heteroatoms. The summed E-state index contributed by atoms with van der Waals surface area (Å²) in [5, 5.41) is 3.00. The van der Waals surface area contributed by atoms with E-state index in [-0.39, 0.29) is 18.4 Å². The van der Waals surface area contributed by atoms with Crippen molar-refractivity contribution in [2.45, 2.75) is 18.6 Å². The number of fused-ring (bicyclic) bond motifs is 3. The van der Waals surface area contributed by atoms with E-state index in [9.17, 15) is 18.0 Å². The number of carbonyl (C=O) groups is 1. The summed E-state index contributed by atoms with van der Waals surface area (Å²) in [6.07, 6.45) is -4.13. The lowest BCUT2D eigenvalue weighted by molar-refractivity contribution is -0.137. The van der Waals surface area contributed by atoms with E-state index in [1.54, 1.807) is 13.2 Å². The predicted octanol–water partition coefficient (Wildman–Crippen LogP) is 3.26. The van der Waals surface area contributed by atoms with Crippen LogP contribution in [-0.2, 0) is 17.4 Å². The molecule has 0 aromatic heterocycles. The number of benzene rings is 2. The van der Waals surface area contributed by atoms with Crippen molar-refractivity contribution in [1.82, 2.24) is 10.2 Å². The van der Waals surface area contributed by atoms with Gasteiger partial charge in [0.2, 0.25) is 5.91 Å². The zero-order valence-corrected chi connectivity index (χ0v) is 19.7. The van der Waals surface area contributed by atoms with Crippen LogP contribution < -0.4 is 19.9 Å². The maximum atomic E-state index is 13.4. The van der Waals surface area contributed by atoms with Gasteiger partial charge in [0.25, 0.3) is 0 Å². The fraction of sp³-hybridized carbons (Fsp3) is 0.480.